The molecule has 2 aliphatic rings. The summed E-state index contributed by atoms with van der Waals surface area (Å²) < 4.78 is 53.6. The number of likely N-dealkylation sites (N-methyl/N-ethyl adjacent to an activating group) is 1. The highest BCUT2D eigenvalue weighted by atomic mass is 32.1. The number of ether oxygens (including phenoxy) is 2. The van der Waals surface area contributed by atoms with Crippen molar-refractivity contribution in [3.05, 3.63) is 281 Å². The van der Waals surface area contributed by atoms with Crippen molar-refractivity contribution in [2.75, 3.05) is 99.1 Å². The van der Waals surface area contributed by atoms with Crippen LogP contribution >= 0.6 is 56.7 Å². The van der Waals surface area contributed by atoms with E-state index < -0.39 is 11.7 Å². The van der Waals surface area contributed by atoms with E-state index in [4.69, 9.17) is 49.5 Å². The fraction of sp³-hybridized carbons (Fsp3) is 0.236. The van der Waals surface area contributed by atoms with E-state index in [0.29, 0.717) is 115 Å². The van der Waals surface area contributed by atoms with E-state index in [0.717, 1.165) is 161 Å². The molecular weight excluding hydrogens is 1900 g/mol. The Morgan fingerprint density at radius 1 is 0.528 bits per heavy atom. The number of alkyl halides is 3. The molecule has 0 bridgehead atoms. The third-order valence-electron chi connectivity index (χ3n) is 23.6. The molecule has 21 rings (SSSR count). The SMILES string of the molecule is CCN(CC)c1cccc(C(F)(F)F)c1.CNC(=O)CNc1nc(-c2ccccn2)nc2scc(-c3ccccc3)c12.COc1ccc(-c2csc3nc(C)nc(N(C)Cc4ccco4)c23)cc1OC.Cc1sc2nc(-c3ccccn3)nc(NCC(=O)N3CCC(O)CC3)c2c1-c1ccccc1.Nc1ncnc2sccc12.OC1CCC(Nc2nc(-c3ccccn3)nc3scc(-c4ccccc4)c23)CC1. The maximum absolute atomic E-state index is 12.9. The average molecular weight is 2000 g/mol. The van der Waals surface area contributed by atoms with Crippen molar-refractivity contribution in [3.63, 3.8) is 0 Å². The van der Waals surface area contributed by atoms with Gasteiger partial charge in [0.25, 0.3) is 0 Å². The Morgan fingerprint density at radius 2 is 1.06 bits per heavy atom. The molecule has 2 fully saturated rings. The third kappa shape index (κ3) is 24.5. The highest BCUT2D eigenvalue weighted by Gasteiger charge is 2.32. The normalized spacial score (nSPS) is 13.5. The lowest BCUT2D eigenvalue weighted by atomic mass is 9.93. The number of aliphatic hydroxyl groups excluding tert-OH is 2. The van der Waals surface area contributed by atoms with Crippen LogP contribution in [0.2, 0.25) is 0 Å². The molecule has 36 heteroatoms. The van der Waals surface area contributed by atoms with Crippen LogP contribution in [0.25, 0.3) is 130 Å². The highest BCUT2D eigenvalue weighted by Crippen LogP contribution is 2.46. The number of thiophene rings is 5. The number of benzene rings is 5. The number of aromatic nitrogens is 13. The lowest BCUT2D eigenvalue weighted by Gasteiger charge is -2.29. The number of aryl methyl sites for hydroxylation is 2. The molecule has 0 radical (unpaired) electrons. The van der Waals surface area contributed by atoms with Crippen molar-refractivity contribution in [2.45, 2.75) is 97.2 Å². The number of anilines is 6. The second-order valence-electron chi connectivity index (χ2n) is 33.0. The van der Waals surface area contributed by atoms with E-state index in [1.54, 1.807) is 114 Å². The lowest BCUT2D eigenvalue weighted by molar-refractivity contribution is -0.137. The summed E-state index contributed by atoms with van der Waals surface area (Å²) in [6.07, 6.45) is 8.39. The fourth-order valence-electron chi connectivity index (χ4n) is 16.4. The highest BCUT2D eigenvalue weighted by molar-refractivity contribution is 7.19. The van der Waals surface area contributed by atoms with E-state index in [2.05, 4.69) is 133 Å². The monoisotopic (exact) mass is 2000 g/mol. The molecule has 8 N–H and O–H groups in total. The average Bonchev–Trinajstić information content (AvgIpc) is 1.62. The number of nitrogens with two attached hydrogens (primary N) is 1. The van der Waals surface area contributed by atoms with Crippen LogP contribution in [-0.2, 0) is 22.3 Å². The number of methoxy groups -OCH3 is 2. The van der Waals surface area contributed by atoms with Crippen molar-refractivity contribution in [1.82, 2.24) is 75.0 Å². The van der Waals surface area contributed by atoms with E-state index in [1.807, 2.05) is 172 Å². The van der Waals surface area contributed by atoms with Gasteiger partial charge in [-0.25, -0.2) is 49.8 Å². The number of nitrogen functional groups attached to an aromatic ring is 1. The maximum Gasteiger partial charge on any atom is 0.416 e. The predicted octanol–water partition coefficient (Wildman–Crippen LogP) is 22.6. The number of pyridine rings is 3. The van der Waals surface area contributed by atoms with E-state index >= 15 is 0 Å². The van der Waals surface area contributed by atoms with Crippen LogP contribution in [0.4, 0.5) is 47.9 Å². The summed E-state index contributed by atoms with van der Waals surface area (Å²) >= 11 is 7.99. The zero-order valence-electron chi connectivity index (χ0n) is 79.1. The number of hydrogen-bond acceptors (Lipinski definition) is 31. The number of fused-ring (bicyclic) bond motifs is 5. The zero-order chi connectivity index (χ0) is 99.2. The molecule has 142 heavy (non-hydrogen) atoms. The Labute approximate surface area is 838 Å². The van der Waals surface area contributed by atoms with Crippen LogP contribution in [0, 0.1) is 13.8 Å². The topological polar surface area (TPSA) is 358 Å². The van der Waals surface area contributed by atoms with Gasteiger partial charge in [0.15, 0.2) is 29.0 Å². The molecule has 15 heterocycles. The molecule has 0 atom stereocenters. The minimum atomic E-state index is -4.26. The summed E-state index contributed by atoms with van der Waals surface area (Å²) in [6.45, 7) is 11.3. The van der Waals surface area contributed by atoms with Gasteiger partial charge in [-0.3, -0.25) is 24.5 Å². The number of piperidine rings is 1. The van der Waals surface area contributed by atoms with Gasteiger partial charge in [0.05, 0.1) is 84.8 Å². The first-order chi connectivity index (χ1) is 69.1. The predicted molar refractivity (Wildman–Crippen MR) is 566 cm³/mol. The van der Waals surface area contributed by atoms with Gasteiger partial charge < -0.3 is 65.8 Å². The molecule has 1 aliphatic carbocycles. The first-order valence-electron chi connectivity index (χ1n) is 46.1. The van der Waals surface area contributed by atoms with Crippen LogP contribution in [0.3, 0.4) is 0 Å². The molecule has 19 aromatic rings. The van der Waals surface area contributed by atoms with Crippen molar-refractivity contribution >= 4 is 154 Å². The summed E-state index contributed by atoms with van der Waals surface area (Å²) in [7, 11) is 6.90. The number of rotatable bonds is 23. The number of carbonyl (C=O) groups is 2. The maximum atomic E-state index is 12.9. The van der Waals surface area contributed by atoms with Gasteiger partial charge in [-0.1, -0.05) is 121 Å². The molecule has 5 aromatic carbocycles. The zero-order valence-corrected chi connectivity index (χ0v) is 83.2. The van der Waals surface area contributed by atoms with Gasteiger partial charge in [0, 0.05) is 114 Å². The van der Waals surface area contributed by atoms with Gasteiger partial charge >= 0.3 is 6.18 Å². The smallest absolute Gasteiger partial charge is 0.416 e. The van der Waals surface area contributed by atoms with Crippen LogP contribution < -0.4 is 46.3 Å². The van der Waals surface area contributed by atoms with Gasteiger partial charge in [0.1, 0.15) is 88.2 Å². The molecule has 1 saturated heterocycles. The summed E-state index contributed by atoms with van der Waals surface area (Å²) in [5, 5.41) is 45.5. The molecular formula is C106H104F3N21O7S5. The van der Waals surface area contributed by atoms with Crippen LogP contribution in [0.1, 0.15) is 74.4 Å². The summed E-state index contributed by atoms with van der Waals surface area (Å²) in [5.41, 5.74) is 16.5. The van der Waals surface area contributed by atoms with Crippen LogP contribution in [-0.4, -0.2) is 178 Å². The number of likely N-dealkylation sites (tertiary alicyclic amines) is 1. The van der Waals surface area contributed by atoms with Crippen molar-refractivity contribution in [3.8, 4) is 90.6 Å². The number of amides is 2. The largest absolute Gasteiger partial charge is 0.493 e. The van der Waals surface area contributed by atoms with Gasteiger partial charge in [-0.15, -0.1) is 56.7 Å². The third-order valence-corrected chi connectivity index (χ3v) is 28.1. The van der Waals surface area contributed by atoms with Crippen LogP contribution in [0.5, 0.6) is 11.5 Å². The van der Waals surface area contributed by atoms with E-state index in [-0.39, 0.29) is 37.1 Å². The number of halogens is 3. The summed E-state index contributed by atoms with van der Waals surface area (Å²) in [5.74, 6) is 8.17. The quantitative estimate of drug-likeness (QED) is 0.0313. The Morgan fingerprint density at radius 3 is 1.61 bits per heavy atom. The molecule has 14 aromatic heterocycles. The Balaban J connectivity index is 0.000000126. The van der Waals surface area contributed by atoms with Crippen molar-refractivity contribution in [2.24, 2.45) is 0 Å². The van der Waals surface area contributed by atoms with Crippen LogP contribution in [0.15, 0.2) is 263 Å². The molecule has 1 saturated carbocycles. The number of hydrogen-bond donors (Lipinski definition) is 7. The van der Waals surface area contributed by atoms with E-state index in [1.165, 1.54) is 18.5 Å². The number of carbonyl (C=O) groups excluding carboxylic acids is 2. The van der Waals surface area contributed by atoms with Gasteiger partial charge in [0.2, 0.25) is 11.8 Å². The van der Waals surface area contributed by atoms with Crippen molar-refractivity contribution < 1.29 is 46.9 Å². The molecule has 726 valence electrons. The number of aliphatic hydroxyl groups is 2. The molecule has 0 spiro atoms. The molecule has 1 aliphatic heterocycles. The minimum absolute atomic E-state index is 0.00117. The number of nitrogens with one attached hydrogen (secondary N) is 4. The first kappa shape index (κ1) is 100. The summed E-state index contributed by atoms with van der Waals surface area (Å²) in [4.78, 5) is 95.3. The second-order valence-corrected chi connectivity index (χ2v) is 37.7. The van der Waals surface area contributed by atoms with Gasteiger partial charge in [-0.2, -0.15) is 13.2 Å². The molecule has 2 amide bonds. The Kier molecular flexibility index (Phi) is 33.4. The lowest BCUT2D eigenvalue weighted by Crippen LogP contribution is -2.42. The Bertz CT molecular complexity index is 7400. The molecule has 28 nitrogen and oxygen atoms in total. The number of nitrogens with zero attached hydrogens (tertiary/aromatic N) is 16. The minimum Gasteiger partial charge on any atom is -0.493 e. The fourth-order valence-corrected chi connectivity index (χ4v) is 21.0. The molecule has 0 unspecified atom stereocenters. The Hall–Kier alpha value is -14.9. The van der Waals surface area contributed by atoms with Gasteiger partial charge in [-0.05, 0) is 179 Å². The van der Waals surface area contributed by atoms with E-state index in [9.17, 15) is 33.0 Å². The first-order valence-corrected chi connectivity index (χ1v) is 50.4. The van der Waals surface area contributed by atoms with Crippen molar-refractivity contribution in [1.29, 1.82) is 0 Å². The summed E-state index contributed by atoms with van der Waals surface area (Å²) in [6, 6.07) is 65.1. The number of furan rings is 1. The standard InChI is InChI=1S/C25H25N5O2S.C23H22N4OS.C21H21N3O3S.C20H17N5OS.C11H14F3N.C6H5N3S/c1-16-21(17-7-3-2-4-8-17)22-24(27-15-20(32)30-13-10-18(31)11-14-30)28-23(29-25(22)33-16)19-9-5-6-12-26-19;28-17-11-9-16(10-12-17)25-22-20-18(15-6-2-1-3-7-15)14-29-23(20)27-21(26-22)19-8-4-5-13-24-19;1-13-22-20(24(2)11-15-6-5-9-27-15)19-16(12-28-21(19)23-13)14-7-8-17(25-3)18(10-14)26-4;1-21-16(26)11-23-19-17-14(13-7-3-2-4-8-13)12-27-20(17)25-18(24-19)15-9-5-6-10-22-15;1-3-15(4-2)10-7-5-6-9(8-10)11(12,13)14;7-5-4-1-2-10-6(4)9-3-8-5/h2-9,12,18,31H,10-11,13-15H2,1H3,(H,27,28,29);1-8,13-14,16-17,28H,9-12H2,(H,25,26,27);5-10,12H,11H2,1-4H3;2-10,12H,11H2,1H3,(H,21,26)(H,23,24,25);5-8H,3-4H2,1-2H3;1-3H,(H2,7,8,9). The second kappa shape index (κ2) is 47.4.